The summed E-state index contributed by atoms with van der Waals surface area (Å²) in [5, 5.41) is 16.7. The van der Waals surface area contributed by atoms with Gasteiger partial charge in [-0.25, -0.2) is 0 Å². The minimum Gasteiger partial charge on any atom is -0.339 e. The quantitative estimate of drug-likeness (QED) is 0.650. The first-order valence-electron chi connectivity index (χ1n) is 8.76. The van der Waals surface area contributed by atoms with Gasteiger partial charge >= 0.3 is 7.44 Å². The lowest BCUT2D eigenvalue weighted by atomic mass is 10.1. The van der Waals surface area contributed by atoms with Gasteiger partial charge in [0.1, 0.15) is 11.6 Å². The summed E-state index contributed by atoms with van der Waals surface area (Å²) in [6.45, 7) is 0. The fourth-order valence-corrected chi connectivity index (χ4v) is 4.81. The Morgan fingerprint density at radius 1 is 0.857 bits per heavy atom. The summed E-state index contributed by atoms with van der Waals surface area (Å²) in [6, 6.07) is 30.1. The molecule has 0 bridgehead atoms. The first-order valence-corrected chi connectivity index (χ1v) is 10.4. The van der Waals surface area contributed by atoms with Crippen molar-refractivity contribution in [2.75, 3.05) is 5.32 Å². The zero-order valence-corrected chi connectivity index (χ0v) is 15.8. The van der Waals surface area contributed by atoms with Crippen LogP contribution in [0.4, 0.5) is 5.69 Å². The molecule has 1 aliphatic heterocycles. The van der Waals surface area contributed by atoms with E-state index in [2.05, 4.69) is 21.2 Å². The van der Waals surface area contributed by atoms with Crippen molar-refractivity contribution in [2.45, 2.75) is 0 Å². The number of rotatable bonds is 3. The highest BCUT2D eigenvalue weighted by Gasteiger charge is 2.33. The molecule has 1 unspecified atom stereocenters. The predicted octanol–water partition coefficient (Wildman–Crippen LogP) is 4.55. The highest BCUT2D eigenvalue weighted by molar-refractivity contribution is 7.69. The van der Waals surface area contributed by atoms with Crippen molar-refractivity contribution < 1.29 is 4.57 Å². The van der Waals surface area contributed by atoms with Gasteiger partial charge in [-0.2, -0.15) is 10.0 Å². The number of nitriles is 1. The molecule has 5 nitrogen and oxygen atoms in total. The number of para-hydroxylation sites is 1. The van der Waals surface area contributed by atoms with Crippen molar-refractivity contribution >= 4 is 30.0 Å². The zero-order valence-electron chi connectivity index (χ0n) is 14.9. The standard InChI is InChI=1S/C22H17N4OP/c23-16-20-21(17-10-4-1-5-11-17)25-28(27,19-14-8-3-9-15-19)26-22(20)24-18-12-6-2-7-13-18/h1-15H,(H2,24,25,26,27). The Morgan fingerprint density at radius 2 is 1.43 bits per heavy atom. The van der Waals surface area contributed by atoms with Crippen LogP contribution >= 0.6 is 7.44 Å². The summed E-state index contributed by atoms with van der Waals surface area (Å²) < 4.78 is 18.3. The van der Waals surface area contributed by atoms with Crippen molar-refractivity contribution in [3.05, 3.63) is 102 Å². The topological polar surface area (TPSA) is 77.3 Å². The van der Waals surface area contributed by atoms with Crippen LogP contribution in [0.25, 0.3) is 5.70 Å². The molecule has 0 amide bonds. The van der Waals surface area contributed by atoms with Crippen LogP contribution in [-0.4, -0.2) is 5.84 Å². The Bertz CT molecular complexity index is 1130. The van der Waals surface area contributed by atoms with E-state index in [4.69, 9.17) is 0 Å². The molecule has 1 atom stereocenters. The smallest absolute Gasteiger partial charge is 0.310 e. The summed E-state index contributed by atoms with van der Waals surface area (Å²) >= 11 is 0. The number of anilines is 1. The Kier molecular flexibility index (Phi) is 4.80. The lowest BCUT2D eigenvalue weighted by Gasteiger charge is -2.26. The van der Waals surface area contributed by atoms with Crippen LogP contribution in [0.3, 0.4) is 0 Å². The molecule has 3 aromatic rings. The maximum Gasteiger partial charge on any atom is 0.310 e. The second-order valence-corrected chi connectivity index (χ2v) is 8.28. The van der Waals surface area contributed by atoms with Crippen LogP contribution in [0, 0.1) is 11.3 Å². The van der Waals surface area contributed by atoms with Gasteiger partial charge in [-0.1, -0.05) is 66.7 Å². The summed E-state index contributed by atoms with van der Waals surface area (Å²) in [5.74, 6) is 0.290. The third-order valence-electron chi connectivity index (χ3n) is 4.31. The van der Waals surface area contributed by atoms with Gasteiger partial charge in [0.2, 0.25) is 0 Å². The highest BCUT2D eigenvalue weighted by Crippen LogP contribution is 2.48. The molecule has 0 spiro atoms. The molecule has 0 aliphatic carbocycles. The highest BCUT2D eigenvalue weighted by atomic mass is 31.2. The molecule has 0 radical (unpaired) electrons. The number of amidine groups is 1. The van der Waals surface area contributed by atoms with Gasteiger partial charge in [0.25, 0.3) is 0 Å². The lowest BCUT2D eigenvalue weighted by molar-refractivity contribution is 0.579. The van der Waals surface area contributed by atoms with Crippen LogP contribution in [0.15, 0.2) is 101 Å². The van der Waals surface area contributed by atoms with E-state index >= 15 is 0 Å². The number of hydrogen-bond acceptors (Lipinski definition) is 3. The number of benzene rings is 3. The van der Waals surface area contributed by atoms with E-state index in [0.29, 0.717) is 22.4 Å². The second-order valence-electron chi connectivity index (χ2n) is 6.19. The van der Waals surface area contributed by atoms with Crippen molar-refractivity contribution in [3.63, 3.8) is 0 Å². The summed E-state index contributed by atoms with van der Waals surface area (Å²) in [4.78, 5) is 0. The summed E-state index contributed by atoms with van der Waals surface area (Å²) in [7, 11) is -3.36. The molecule has 0 saturated carbocycles. The molecule has 28 heavy (non-hydrogen) atoms. The molecular weight excluding hydrogens is 367 g/mol. The van der Waals surface area contributed by atoms with Crippen molar-refractivity contribution in [3.8, 4) is 6.07 Å². The van der Waals surface area contributed by atoms with E-state index in [1.54, 1.807) is 12.1 Å². The molecule has 6 heteroatoms. The predicted molar refractivity (Wildman–Crippen MR) is 113 cm³/mol. The van der Waals surface area contributed by atoms with Gasteiger partial charge in [0, 0.05) is 5.69 Å². The van der Waals surface area contributed by atoms with Gasteiger partial charge in [-0.3, -0.25) is 4.57 Å². The molecule has 0 saturated heterocycles. The first kappa shape index (κ1) is 17.8. The fraction of sp³-hybridized carbons (Fsp3) is 0. The van der Waals surface area contributed by atoms with Crippen molar-refractivity contribution in [1.29, 1.82) is 5.26 Å². The third kappa shape index (κ3) is 3.46. The molecule has 0 aromatic heterocycles. The lowest BCUT2D eigenvalue weighted by Crippen LogP contribution is -2.28. The average molecular weight is 384 g/mol. The van der Waals surface area contributed by atoms with E-state index < -0.39 is 7.44 Å². The zero-order chi connectivity index (χ0) is 19.4. The molecule has 136 valence electrons. The molecule has 1 heterocycles. The van der Waals surface area contributed by atoms with Crippen LogP contribution in [0.1, 0.15) is 5.56 Å². The number of nitrogens with zero attached hydrogens (tertiary/aromatic N) is 2. The molecule has 1 aliphatic rings. The normalized spacial score (nSPS) is 18.6. The van der Waals surface area contributed by atoms with Crippen LogP contribution in [0.2, 0.25) is 0 Å². The summed E-state index contributed by atoms with van der Waals surface area (Å²) in [6.07, 6.45) is 0. The second kappa shape index (κ2) is 7.56. The Morgan fingerprint density at radius 3 is 2.04 bits per heavy atom. The Hall–Kier alpha value is -3.61. The third-order valence-corrected chi connectivity index (χ3v) is 6.31. The molecule has 0 fully saturated rings. The largest absolute Gasteiger partial charge is 0.339 e. The van der Waals surface area contributed by atoms with Crippen LogP contribution in [-0.2, 0) is 4.57 Å². The fourth-order valence-electron chi connectivity index (χ4n) is 2.96. The van der Waals surface area contributed by atoms with Gasteiger partial charge in [0.15, 0.2) is 5.84 Å². The Balaban J connectivity index is 1.88. The molecule has 2 N–H and O–H groups in total. The van der Waals surface area contributed by atoms with E-state index in [1.165, 1.54) is 0 Å². The molecule has 4 rings (SSSR count). The minimum absolute atomic E-state index is 0.290. The number of nitrogens with one attached hydrogen (secondary N) is 2. The Labute approximate surface area is 163 Å². The summed E-state index contributed by atoms with van der Waals surface area (Å²) in [5.41, 5.74) is 2.36. The average Bonchev–Trinajstić information content (AvgIpc) is 2.75. The maximum atomic E-state index is 13.8. The van der Waals surface area contributed by atoms with Gasteiger partial charge in [-0.15, -0.1) is 0 Å². The van der Waals surface area contributed by atoms with Crippen LogP contribution in [0.5, 0.6) is 0 Å². The molecule has 3 aromatic carbocycles. The van der Waals surface area contributed by atoms with Crippen molar-refractivity contribution in [2.24, 2.45) is 4.76 Å². The monoisotopic (exact) mass is 384 g/mol. The van der Waals surface area contributed by atoms with Crippen molar-refractivity contribution in [1.82, 2.24) is 5.09 Å². The van der Waals surface area contributed by atoms with Gasteiger partial charge in [0.05, 0.1) is 11.0 Å². The maximum absolute atomic E-state index is 13.8. The number of hydrogen-bond donors (Lipinski definition) is 2. The first-order chi connectivity index (χ1) is 13.7. The molecular formula is C22H17N4OP. The van der Waals surface area contributed by atoms with E-state index in [0.717, 1.165) is 11.3 Å². The van der Waals surface area contributed by atoms with Crippen LogP contribution < -0.4 is 15.7 Å². The van der Waals surface area contributed by atoms with E-state index in [1.807, 2.05) is 78.9 Å². The van der Waals surface area contributed by atoms with Gasteiger partial charge in [-0.05, 0) is 29.8 Å². The van der Waals surface area contributed by atoms with Gasteiger partial charge < -0.3 is 10.4 Å². The SMILES string of the molecule is N#CC1=C(c2ccccc2)NP(=O)(c2ccccc2)N=C1Nc1ccccc1. The van der Waals surface area contributed by atoms with E-state index in [9.17, 15) is 9.83 Å². The van der Waals surface area contributed by atoms with E-state index in [-0.39, 0.29) is 0 Å². The minimum atomic E-state index is -3.36.